The Balaban J connectivity index is 3.04. The van der Waals surface area contributed by atoms with Crippen LogP contribution in [-0.4, -0.2) is 5.78 Å². The van der Waals surface area contributed by atoms with E-state index >= 15 is 0 Å². The van der Waals surface area contributed by atoms with Crippen LogP contribution in [0.2, 0.25) is 5.02 Å². The van der Waals surface area contributed by atoms with E-state index in [0.717, 1.165) is 0 Å². The normalized spacial score (nSPS) is 12.2. The van der Waals surface area contributed by atoms with Gasteiger partial charge < -0.3 is 0 Å². The number of Topliss-reactive ketones (excluding diaryl/α,β-unsaturated/α-hetero) is 1. The molecule has 2 nitrogen and oxygen atoms in total. The van der Waals surface area contributed by atoms with Crippen molar-refractivity contribution in [3.63, 3.8) is 0 Å². The summed E-state index contributed by atoms with van der Waals surface area (Å²) >= 11 is 5.81. The fraction of sp³-hybridized carbons (Fsp3) is 0.333. The van der Waals surface area contributed by atoms with E-state index in [1.54, 1.807) is 38.1 Å². The van der Waals surface area contributed by atoms with Gasteiger partial charge in [0, 0.05) is 10.9 Å². The minimum absolute atomic E-state index is 0.0697. The maximum absolute atomic E-state index is 11.7. The third-order valence-corrected chi connectivity index (χ3v) is 2.40. The molecule has 0 aliphatic rings. The van der Waals surface area contributed by atoms with Crippen LogP contribution < -0.4 is 0 Å². The van der Waals surface area contributed by atoms with Crippen LogP contribution in [0.5, 0.6) is 0 Å². The number of carbonyl (C=O) groups is 1. The minimum atomic E-state index is -0.705. The largest absolute Gasteiger partial charge is 0.298 e. The highest BCUT2D eigenvalue weighted by Gasteiger charge is 2.22. The van der Waals surface area contributed by atoms with Crippen molar-refractivity contribution in [1.82, 2.24) is 0 Å². The van der Waals surface area contributed by atoms with Gasteiger partial charge in [-0.3, -0.25) is 4.79 Å². The average molecular weight is 222 g/mol. The smallest absolute Gasteiger partial charge is 0.156 e. The van der Waals surface area contributed by atoms with Gasteiger partial charge >= 0.3 is 0 Å². The molecule has 0 radical (unpaired) electrons. The predicted molar refractivity (Wildman–Crippen MR) is 59.7 cm³/mol. The summed E-state index contributed by atoms with van der Waals surface area (Å²) in [4.78, 5) is 11.7. The van der Waals surface area contributed by atoms with E-state index < -0.39 is 5.92 Å². The summed E-state index contributed by atoms with van der Waals surface area (Å²) in [6, 6.07) is 8.90. The van der Waals surface area contributed by atoms with Crippen molar-refractivity contribution in [3.8, 4) is 6.07 Å². The second-order valence-electron chi connectivity index (χ2n) is 3.67. The van der Waals surface area contributed by atoms with Gasteiger partial charge in [-0.1, -0.05) is 37.6 Å². The molecule has 0 bridgehead atoms. The second kappa shape index (κ2) is 4.95. The molecule has 0 fully saturated rings. The highest BCUT2D eigenvalue weighted by molar-refractivity contribution is 6.30. The number of halogens is 1. The van der Waals surface area contributed by atoms with Gasteiger partial charge in [0.25, 0.3) is 0 Å². The Morgan fingerprint density at radius 3 is 2.60 bits per heavy atom. The molecule has 0 amide bonds. The van der Waals surface area contributed by atoms with E-state index in [1.807, 2.05) is 6.07 Å². The monoisotopic (exact) mass is 221 g/mol. The van der Waals surface area contributed by atoms with Crippen molar-refractivity contribution < 1.29 is 4.79 Å². The number of ketones is 1. The topological polar surface area (TPSA) is 40.9 Å². The minimum Gasteiger partial charge on any atom is -0.298 e. The summed E-state index contributed by atoms with van der Waals surface area (Å²) < 4.78 is 0. The lowest BCUT2D eigenvalue weighted by Crippen LogP contribution is -2.16. The Kier molecular flexibility index (Phi) is 3.88. The molecule has 0 saturated heterocycles. The van der Waals surface area contributed by atoms with Crippen LogP contribution in [0.1, 0.15) is 25.3 Å². The van der Waals surface area contributed by atoms with Crippen molar-refractivity contribution in [2.45, 2.75) is 19.8 Å². The quantitative estimate of drug-likeness (QED) is 0.787. The highest BCUT2D eigenvalue weighted by atomic mass is 35.5. The van der Waals surface area contributed by atoms with Crippen molar-refractivity contribution in [3.05, 3.63) is 34.9 Å². The maximum Gasteiger partial charge on any atom is 0.156 e. The molecule has 0 spiro atoms. The highest BCUT2D eigenvalue weighted by Crippen LogP contribution is 2.22. The molecule has 1 rings (SSSR count). The Labute approximate surface area is 94.5 Å². The summed E-state index contributed by atoms with van der Waals surface area (Å²) in [6.07, 6.45) is 0. The van der Waals surface area contributed by atoms with E-state index in [1.165, 1.54) is 0 Å². The zero-order chi connectivity index (χ0) is 11.4. The SMILES string of the molecule is CC(C)C(=O)[C@H](C#N)c1cccc(Cl)c1. The molecule has 78 valence electrons. The van der Waals surface area contributed by atoms with E-state index in [9.17, 15) is 4.79 Å². The molecule has 1 aromatic carbocycles. The molecule has 0 aliphatic carbocycles. The second-order valence-corrected chi connectivity index (χ2v) is 4.11. The standard InChI is InChI=1S/C12H12ClNO/c1-8(2)12(15)11(7-14)9-4-3-5-10(13)6-9/h3-6,8,11H,1-2H3/t11-/m1/s1. The Hall–Kier alpha value is -1.33. The number of hydrogen-bond acceptors (Lipinski definition) is 2. The van der Waals surface area contributed by atoms with Gasteiger partial charge in [0.15, 0.2) is 5.78 Å². The van der Waals surface area contributed by atoms with Gasteiger partial charge in [-0.15, -0.1) is 0 Å². The predicted octanol–water partition coefficient (Wildman–Crippen LogP) is 3.17. The number of carbonyl (C=O) groups excluding carboxylic acids is 1. The summed E-state index contributed by atoms with van der Waals surface area (Å²) in [5.41, 5.74) is 0.670. The van der Waals surface area contributed by atoms with Gasteiger partial charge in [0.05, 0.1) is 6.07 Å². The summed E-state index contributed by atoms with van der Waals surface area (Å²) in [7, 11) is 0. The molecule has 1 aromatic rings. The van der Waals surface area contributed by atoms with Crippen LogP contribution in [0.25, 0.3) is 0 Å². The lowest BCUT2D eigenvalue weighted by atomic mass is 9.90. The van der Waals surface area contributed by atoms with Crippen molar-refractivity contribution >= 4 is 17.4 Å². The van der Waals surface area contributed by atoms with E-state index in [-0.39, 0.29) is 11.7 Å². The lowest BCUT2D eigenvalue weighted by Gasteiger charge is -2.10. The molecule has 0 aliphatic heterocycles. The first-order chi connectivity index (χ1) is 7.06. The first kappa shape index (κ1) is 11.7. The van der Waals surface area contributed by atoms with E-state index in [4.69, 9.17) is 16.9 Å². The lowest BCUT2D eigenvalue weighted by molar-refractivity contribution is -0.122. The van der Waals surface area contributed by atoms with Crippen LogP contribution in [0.4, 0.5) is 0 Å². The maximum atomic E-state index is 11.7. The van der Waals surface area contributed by atoms with Crippen LogP contribution in [0, 0.1) is 17.2 Å². The number of nitrogens with zero attached hydrogens (tertiary/aromatic N) is 1. The molecule has 0 heterocycles. The zero-order valence-corrected chi connectivity index (χ0v) is 9.45. The average Bonchev–Trinajstić information content (AvgIpc) is 2.18. The number of nitriles is 1. The van der Waals surface area contributed by atoms with Gasteiger partial charge in [-0.2, -0.15) is 5.26 Å². The van der Waals surface area contributed by atoms with Crippen LogP contribution in [0.3, 0.4) is 0 Å². The molecule has 15 heavy (non-hydrogen) atoms. The molecule has 0 N–H and O–H groups in total. The van der Waals surface area contributed by atoms with Crippen LogP contribution in [0.15, 0.2) is 24.3 Å². The first-order valence-corrected chi connectivity index (χ1v) is 5.13. The fourth-order valence-electron chi connectivity index (χ4n) is 1.32. The molecule has 0 aromatic heterocycles. The molecule has 0 saturated carbocycles. The summed E-state index contributed by atoms with van der Waals surface area (Å²) in [5, 5.41) is 9.52. The Morgan fingerprint density at radius 1 is 1.47 bits per heavy atom. The summed E-state index contributed by atoms with van der Waals surface area (Å²) in [6.45, 7) is 3.58. The van der Waals surface area contributed by atoms with E-state index in [2.05, 4.69) is 0 Å². The molecule has 1 atom stereocenters. The van der Waals surface area contributed by atoms with Gasteiger partial charge in [0.2, 0.25) is 0 Å². The molecular weight excluding hydrogens is 210 g/mol. The van der Waals surface area contributed by atoms with Gasteiger partial charge in [-0.05, 0) is 17.7 Å². The van der Waals surface area contributed by atoms with E-state index in [0.29, 0.717) is 10.6 Å². The third kappa shape index (κ3) is 2.81. The molecule has 3 heteroatoms. The van der Waals surface area contributed by atoms with Crippen LogP contribution >= 0.6 is 11.6 Å². The number of hydrogen-bond donors (Lipinski definition) is 0. The molecule has 0 unspecified atom stereocenters. The van der Waals surface area contributed by atoms with Crippen molar-refractivity contribution in [1.29, 1.82) is 5.26 Å². The number of benzene rings is 1. The summed E-state index contributed by atoms with van der Waals surface area (Å²) in [5.74, 6) is -0.919. The molecular formula is C12H12ClNO. The first-order valence-electron chi connectivity index (χ1n) is 4.75. The Bertz CT molecular complexity index is 406. The van der Waals surface area contributed by atoms with Gasteiger partial charge in [-0.25, -0.2) is 0 Å². The zero-order valence-electron chi connectivity index (χ0n) is 8.70. The number of rotatable bonds is 3. The van der Waals surface area contributed by atoms with Gasteiger partial charge in [0.1, 0.15) is 5.92 Å². The third-order valence-electron chi connectivity index (χ3n) is 2.16. The van der Waals surface area contributed by atoms with Crippen molar-refractivity contribution in [2.75, 3.05) is 0 Å². The Morgan fingerprint density at radius 2 is 2.13 bits per heavy atom. The fourth-order valence-corrected chi connectivity index (χ4v) is 1.52. The van der Waals surface area contributed by atoms with Crippen molar-refractivity contribution in [2.24, 2.45) is 5.92 Å². The van der Waals surface area contributed by atoms with Crippen LogP contribution in [-0.2, 0) is 4.79 Å².